The number of hydrogen-bond donors (Lipinski definition) is 1. The number of anilines is 2. The molecule has 1 amide bonds. The zero-order valence-electron chi connectivity index (χ0n) is 14.4. The largest absolute Gasteiger partial charge is 0.493 e. The van der Waals surface area contributed by atoms with Crippen LogP contribution in [0.5, 0.6) is 5.75 Å². The van der Waals surface area contributed by atoms with E-state index < -0.39 is 0 Å². The van der Waals surface area contributed by atoms with Gasteiger partial charge in [-0.2, -0.15) is 0 Å². The van der Waals surface area contributed by atoms with Gasteiger partial charge in [-0.3, -0.25) is 10.1 Å². The van der Waals surface area contributed by atoms with E-state index in [-0.39, 0.29) is 5.91 Å². The molecule has 1 aliphatic heterocycles. The summed E-state index contributed by atoms with van der Waals surface area (Å²) >= 11 is 4.65. The average molecular weight is 450 g/mol. The first-order valence-corrected chi connectivity index (χ1v) is 9.86. The summed E-state index contributed by atoms with van der Waals surface area (Å²) in [5, 5.41) is 3.34. The van der Waals surface area contributed by atoms with E-state index in [9.17, 15) is 4.79 Å². The van der Waals surface area contributed by atoms with Crippen molar-refractivity contribution in [1.82, 2.24) is 15.0 Å². The maximum absolute atomic E-state index is 12.5. The number of fused-ring (bicyclic) bond motifs is 1. The van der Waals surface area contributed by atoms with Crippen LogP contribution in [0.3, 0.4) is 0 Å². The van der Waals surface area contributed by atoms with Gasteiger partial charge in [-0.15, -0.1) is 0 Å². The molecule has 0 spiro atoms. The molecule has 1 fully saturated rings. The highest BCUT2D eigenvalue weighted by molar-refractivity contribution is 9.10. The van der Waals surface area contributed by atoms with Crippen molar-refractivity contribution in [3.63, 3.8) is 0 Å². The van der Waals surface area contributed by atoms with Crippen molar-refractivity contribution in [2.75, 3.05) is 43.6 Å². The number of hydrogen-bond acceptors (Lipinski definition) is 8. The third-order valence-corrected chi connectivity index (χ3v) is 5.51. The molecule has 0 atom stereocenters. The molecule has 0 saturated carbocycles. The van der Waals surface area contributed by atoms with Gasteiger partial charge in [-0.1, -0.05) is 11.3 Å². The maximum Gasteiger partial charge on any atom is 0.257 e. The Kier molecular flexibility index (Phi) is 5.19. The minimum atomic E-state index is -0.253. The summed E-state index contributed by atoms with van der Waals surface area (Å²) in [6, 6.07) is 3.30. The molecule has 1 N–H and O–H groups in total. The molecule has 0 aliphatic carbocycles. The van der Waals surface area contributed by atoms with Gasteiger partial charge in [0.2, 0.25) is 0 Å². The van der Waals surface area contributed by atoms with Crippen molar-refractivity contribution in [3.8, 4) is 5.75 Å². The van der Waals surface area contributed by atoms with Crippen LogP contribution in [0.25, 0.3) is 10.2 Å². The highest BCUT2D eigenvalue weighted by atomic mass is 79.9. The minimum absolute atomic E-state index is 0.253. The third kappa shape index (κ3) is 3.73. The van der Waals surface area contributed by atoms with Crippen LogP contribution in [0.4, 0.5) is 10.9 Å². The van der Waals surface area contributed by atoms with Crippen LogP contribution < -0.4 is 15.0 Å². The standard InChI is InChI=1S/C17H16BrN5O3S/c1-25-11-9-20-15(23-4-6-26-7-5-23)14-13(11)21-17(27-14)22-16(24)10-2-3-19-12(18)8-10/h2-3,8-9H,4-7H2,1H3,(H,21,22,24). The van der Waals surface area contributed by atoms with Crippen molar-refractivity contribution in [2.45, 2.75) is 0 Å². The van der Waals surface area contributed by atoms with Gasteiger partial charge in [0.25, 0.3) is 5.91 Å². The van der Waals surface area contributed by atoms with E-state index in [1.54, 1.807) is 31.6 Å². The van der Waals surface area contributed by atoms with Gasteiger partial charge in [-0.05, 0) is 28.1 Å². The van der Waals surface area contributed by atoms with Crippen LogP contribution in [0.1, 0.15) is 10.4 Å². The number of morpholine rings is 1. The third-order valence-electron chi connectivity index (χ3n) is 4.11. The Balaban J connectivity index is 1.68. The van der Waals surface area contributed by atoms with E-state index >= 15 is 0 Å². The Hall–Kier alpha value is -2.30. The molecule has 0 bridgehead atoms. The topological polar surface area (TPSA) is 89.5 Å². The fourth-order valence-corrected chi connectivity index (χ4v) is 4.15. The van der Waals surface area contributed by atoms with Gasteiger partial charge < -0.3 is 14.4 Å². The molecule has 0 unspecified atom stereocenters. The number of aromatic nitrogens is 3. The summed E-state index contributed by atoms with van der Waals surface area (Å²) in [4.78, 5) is 27.8. The number of thiazole rings is 1. The summed E-state index contributed by atoms with van der Waals surface area (Å²) in [5.41, 5.74) is 1.18. The first-order valence-electron chi connectivity index (χ1n) is 8.25. The number of carbonyl (C=O) groups excluding carboxylic acids is 1. The highest BCUT2D eigenvalue weighted by Crippen LogP contribution is 2.38. The van der Waals surface area contributed by atoms with Crippen molar-refractivity contribution in [2.24, 2.45) is 0 Å². The lowest BCUT2D eigenvalue weighted by molar-refractivity contribution is 0.102. The van der Waals surface area contributed by atoms with Crippen LogP contribution in [-0.4, -0.2) is 54.3 Å². The van der Waals surface area contributed by atoms with Gasteiger partial charge >= 0.3 is 0 Å². The van der Waals surface area contributed by atoms with E-state index in [2.05, 4.69) is 41.1 Å². The van der Waals surface area contributed by atoms with Crippen molar-refractivity contribution < 1.29 is 14.3 Å². The Morgan fingerprint density at radius 1 is 1.37 bits per heavy atom. The van der Waals surface area contributed by atoms with E-state index in [1.807, 2.05) is 0 Å². The second-order valence-corrected chi connectivity index (χ2v) is 7.58. The summed E-state index contributed by atoms with van der Waals surface area (Å²) in [6.45, 7) is 2.85. The first kappa shape index (κ1) is 18.1. The molecule has 3 aromatic rings. The average Bonchev–Trinajstić information content (AvgIpc) is 3.11. The summed E-state index contributed by atoms with van der Waals surface area (Å²) in [5.74, 6) is 1.15. The molecule has 27 heavy (non-hydrogen) atoms. The van der Waals surface area contributed by atoms with Crippen LogP contribution >= 0.6 is 27.3 Å². The summed E-state index contributed by atoms with van der Waals surface area (Å²) in [7, 11) is 1.58. The summed E-state index contributed by atoms with van der Waals surface area (Å²) < 4.78 is 12.3. The fourth-order valence-electron chi connectivity index (χ4n) is 2.79. The predicted octanol–water partition coefficient (Wildman–Crippen LogP) is 2.95. The van der Waals surface area contributed by atoms with Gasteiger partial charge in [0.1, 0.15) is 20.6 Å². The van der Waals surface area contributed by atoms with Crippen LogP contribution in [0.15, 0.2) is 29.1 Å². The molecule has 140 valence electrons. The van der Waals surface area contributed by atoms with Crippen LogP contribution in [0.2, 0.25) is 0 Å². The molecular weight excluding hydrogens is 434 g/mol. The summed E-state index contributed by atoms with van der Waals surface area (Å²) in [6.07, 6.45) is 3.24. The van der Waals surface area contributed by atoms with Gasteiger partial charge in [0.15, 0.2) is 10.9 Å². The van der Waals surface area contributed by atoms with Crippen LogP contribution in [0, 0.1) is 0 Å². The van der Waals surface area contributed by atoms with Gasteiger partial charge in [0.05, 0.1) is 26.5 Å². The molecule has 4 rings (SSSR count). The number of pyridine rings is 2. The molecular formula is C17H16BrN5O3S. The molecule has 4 heterocycles. The van der Waals surface area contributed by atoms with Gasteiger partial charge in [-0.25, -0.2) is 15.0 Å². The molecule has 1 saturated heterocycles. The molecule has 0 aromatic carbocycles. The number of amides is 1. The number of nitrogens with zero attached hydrogens (tertiary/aromatic N) is 4. The van der Waals surface area contributed by atoms with Crippen molar-refractivity contribution >= 4 is 54.3 Å². The number of nitrogens with one attached hydrogen (secondary N) is 1. The second kappa shape index (κ2) is 7.75. The quantitative estimate of drug-likeness (QED) is 0.612. The zero-order chi connectivity index (χ0) is 18.8. The molecule has 8 nitrogen and oxygen atoms in total. The number of methoxy groups -OCH3 is 1. The molecule has 0 radical (unpaired) electrons. The Morgan fingerprint density at radius 3 is 2.93 bits per heavy atom. The monoisotopic (exact) mass is 449 g/mol. The van der Waals surface area contributed by atoms with Crippen molar-refractivity contribution in [3.05, 3.63) is 34.7 Å². The molecule has 10 heteroatoms. The minimum Gasteiger partial charge on any atom is -0.493 e. The lowest BCUT2D eigenvalue weighted by Crippen LogP contribution is -2.36. The highest BCUT2D eigenvalue weighted by Gasteiger charge is 2.21. The zero-order valence-corrected chi connectivity index (χ0v) is 16.8. The SMILES string of the molecule is COc1cnc(N2CCOCC2)c2sc(NC(=O)c3ccnc(Br)c3)nc12. The van der Waals surface area contributed by atoms with E-state index in [0.717, 1.165) is 23.6 Å². The second-order valence-electron chi connectivity index (χ2n) is 5.77. The van der Waals surface area contributed by atoms with Gasteiger partial charge in [0, 0.05) is 24.8 Å². The number of ether oxygens (including phenoxy) is 2. The Labute approximate surface area is 167 Å². The smallest absolute Gasteiger partial charge is 0.257 e. The lowest BCUT2D eigenvalue weighted by Gasteiger charge is -2.28. The van der Waals surface area contributed by atoms with Crippen LogP contribution in [-0.2, 0) is 4.74 Å². The number of halogens is 1. The normalized spacial score (nSPS) is 14.4. The Morgan fingerprint density at radius 2 is 2.19 bits per heavy atom. The maximum atomic E-state index is 12.5. The first-order chi connectivity index (χ1) is 13.2. The Bertz CT molecular complexity index is 990. The fraction of sp³-hybridized carbons (Fsp3) is 0.294. The van der Waals surface area contributed by atoms with E-state index in [0.29, 0.717) is 39.8 Å². The number of rotatable bonds is 4. The number of carbonyl (C=O) groups is 1. The van der Waals surface area contributed by atoms with E-state index in [4.69, 9.17) is 9.47 Å². The predicted molar refractivity (Wildman–Crippen MR) is 107 cm³/mol. The van der Waals surface area contributed by atoms with Crippen molar-refractivity contribution in [1.29, 1.82) is 0 Å². The lowest BCUT2D eigenvalue weighted by atomic mass is 10.2. The molecule has 1 aliphatic rings. The molecule has 3 aromatic heterocycles. The van der Waals surface area contributed by atoms with E-state index in [1.165, 1.54) is 11.3 Å².